The SMILES string of the molecule is CN(C)CCCN(C)C(=O)Oc1ccc(F)cc1/C=C1/SC(N2CCCCN2)=NC1=O.Cl.Cl.O=C1N=C(N2CCCCN2)S/C1=C\c1cc(F)ccc1O. The molecule has 3 N–H and O–H groups in total. The highest BCUT2D eigenvalue weighted by molar-refractivity contribution is 8.18. The highest BCUT2D eigenvalue weighted by Crippen LogP contribution is 2.34. The summed E-state index contributed by atoms with van der Waals surface area (Å²) in [6, 6.07) is 7.48. The molecule has 0 aliphatic carbocycles. The number of halogens is 4. The van der Waals surface area contributed by atoms with E-state index in [0.29, 0.717) is 32.3 Å². The van der Waals surface area contributed by atoms with Crippen molar-refractivity contribution in [3.05, 3.63) is 69.0 Å². The number of carbonyl (C=O) groups is 3. The van der Waals surface area contributed by atoms with Crippen LogP contribution in [0.2, 0.25) is 0 Å². The fourth-order valence-electron chi connectivity index (χ4n) is 5.27. The lowest BCUT2D eigenvalue weighted by atomic mass is 10.2. The minimum absolute atomic E-state index is 0. The number of carbonyl (C=O) groups excluding carboxylic acids is 3. The number of phenolic OH excluding ortho intramolecular Hbond substituents is 1. The van der Waals surface area contributed by atoms with E-state index in [0.717, 1.165) is 64.8 Å². The first-order chi connectivity index (χ1) is 25.0. The maximum Gasteiger partial charge on any atom is 0.414 e. The van der Waals surface area contributed by atoms with E-state index in [9.17, 15) is 28.3 Å². The number of phenols is 1. The highest BCUT2D eigenvalue weighted by atomic mass is 35.5. The molecule has 2 aromatic carbocycles. The Morgan fingerprint density at radius 3 is 1.87 bits per heavy atom. The van der Waals surface area contributed by atoms with Crippen LogP contribution >= 0.6 is 48.3 Å². The summed E-state index contributed by atoms with van der Waals surface area (Å²) in [5, 5.41) is 14.6. The van der Waals surface area contributed by atoms with Crippen LogP contribution in [0.1, 0.15) is 43.2 Å². The van der Waals surface area contributed by atoms with Gasteiger partial charge in [-0.1, -0.05) is 0 Å². The molecule has 4 aliphatic heterocycles. The first-order valence-electron chi connectivity index (χ1n) is 16.9. The van der Waals surface area contributed by atoms with Gasteiger partial charge in [-0.05, 0) is 125 Å². The van der Waals surface area contributed by atoms with Crippen molar-refractivity contribution in [3.8, 4) is 11.5 Å². The summed E-state index contributed by atoms with van der Waals surface area (Å²) in [6.45, 7) is 4.64. The second kappa shape index (κ2) is 21.4. The van der Waals surface area contributed by atoms with E-state index in [-0.39, 0.29) is 47.8 Å². The Balaban J connectivity index is 0.000000298. The van der Waals surface area contributed by atoms with Gasteiger partial charge in [-0.2, -0.15) is 9.98 Å². The van der Waals surface area contributed by atoms with Crippen LogP contribution in [0.4, 0.5) is 13.6 Å². The molecular formula is C35H44Cl2F2N8O5S2. The average Bonchev–Trinajstić information content (AvgIpc) is 3.69. The normalized spacial score (nSPS) is 18.5. The monoisotopic (exact) mass is 828 g/mol. The molecular weight excluding hydrogens is 785 g/mol. The van der Waals surface area contributed by atoms with Crippen LogP contribution in [0.5, 0.6) is 11.5 Å². The summed E-state index contributed by atoms with van der Waals surface area (Å²) in [5.41, 5.74) is 6.98. The Kier molecular flexibility index (Phi) is 17.7. The van der Waals surface area contributed by atoms with Crippen molar-refractivity contribution >= 4 is 88.7 Å². The molecule has 0 saturated carbocycles. The number of amidine groups is 2. The quantitative estimate of drug-likeness (QED) is 0.294. The minimum atomic E-state index is -0.537. The van der Waals surface area contributed by atoms with Gasteiger partial charge in [0.15, 0.2) is 10.3 Å². The topological polar surface area (TPSA) is 142 Å². The molecule has 4 aliphatic rings. The number of nitrogens with one attached hydrogen (secondary N) is 2. The molecule has 0 bridgehead atoms. The van der Waals surface area contributed by atoms with Crippen LogP contribution in [0.3, 0.4) is 0 Å². The molecule has 294 valence electrons. The van der Waals surface area contributed by atoms with Gasteiger partial charge in [0.25, 0.3) is 11.8 Å². The molecule has 0 aromatic heterocycles. The van der Waals surface area contributed by atoms with Gasteiger partial charge in [0.1, 0.15) is 23.1 Å². The number of hydrazine groups is 2. The summed E-state index contributed by atoms with van der Waals surface area (Å²) < 4.78 is 32.6. The molecule has 0 radical (unpaired) electrons. The number of nitrogens with zero attached hydrogens (tertiary/aromatic N) is 6. The lowest BCUT2D eigenvalue weighted by Gasteiger charge is -2.28. The number of ether oxygens (including phenoxy) is 1. The second-order valence-corrected chi connectivity index (χ2v) is 14.5. The largest absolute Gasteiger partial charge is 0.507 e. The molecule has 6 rings (SSSR count). The van der Waals surface area contributed by atoms with E-state index in [1.54, 1.807) is 7.05 Å². The molecule has 0 spiro atoms. The first-order valence-corrected chi connectivity index (χ1v) is 18.5. The fourth-order valence-corrected chi connectivity index (χ4v) is 7.09. The summed E-state index contributed by atoms with van der Waals surface area (Å²) in [7, 11) is 5.59. The van der Waals surface area contributed by atoms with Crippen LogP contribution in [0, 0.1) is 11.6 Å². The number of hydrogen-bond acceptors (Lipinski definition) is 12. The number of thioether (sulfide) groups is 2. The van der Waals surface area contributed by atoms with Crippen molar-refractivity contribution < 1.29 is 33.0 Å². The number of rotatable bonds is 7. The van der Waals surface area contributed by atoms with Gasteiger partial charge in [0.05, 0.1) is 9.81 Å². The number of hydrogen-bond donors (Lipinski definition) is 3. The van der Waals surface area contributed by atoms with Gasteiger partial charge in [-0.15, -0.1) is 24.8 Å². The molecule has 2 fully saturated rings. The van der Waals surface area contributed by atoms with Crippen molar-refractivity contribution in [3.63, 3.8) is 0 Å². The molecule has 2 saturated heterocycles. The predicted molar refractivity (Wildman–Crippen MR) is 215 cm³/mol. The Morgan fingerprint density at radius 1 is 0.833 bits per heavy atom. The van der Waals surface area contributed by atoms with Gasteiger partial charge in [-0.25, -0.2) is 24.4 Å². The Morgan fingerprint density at radius 2 is 1.35 bits per heavy atom. The zero-order valence-electron chi connectivity index (χ0n) is 30.0. The van der Waals surface area contributed by atoms with Gasteiger partial charge < -0.3 is 19.6 Å². The lowest BCUT2D eigenvalue weighted by Crippen LogP contribution is -2.45. The summed E-state index contributed by atoms with van der Waals surface area (Å²) >= 11 is 2.45. The van der Waals surface area contributed by atoms with Crippen molar-refractivity contribution in [2.75, 3.05) is 60.4 Å². The maximum absolute atomic E-state index is 13.9. The number of aromatic hydroxyl groups is 1. The van der Waals surface area contributed by atoms with E-state index in [4.69, 9.17) is 4.74 Å². The van der Waals surface area contributed by atoms with E-state index >= 15 is 0 Å². The highest BCUT2D eigenvalue weighted by Gasteiger charge is 2.29. The Bertz CT molecular complexity index is 1790. The molecule has 2 aromatic rings. The van der Waals surface area contributed by atoms with Crippen molar-refractivity contribution in [1.29, 1.82) is 0 Å². The standard InChI is InChI=1S/C21H28FN5O3S.C14H14FN3O2S.2ClH/c1-25(2)10-6-11-26(3)21(29)30-17-8-7-16(22)13-15(17)14-18-19(28)24-20(31-18)27-12-5-4-9-23-27;15-10-3-4-11(19)9(7-10)8-12-13(20)17-14(21-12)18-6-2-1-5-16-18;;/h7-8,13-14,23H,4-6,9-12H2,1-3H3;3-4,7-8,16,19H,1-2,5-6H2;2*1H/b18-14+;12-8-;;. The van der Waals surface area contributed by atoms with Gasteiger partial charge in [-0.3, -0.25) is 19.6 Å². The summed E-state index contributed by atoms with van der Waals surface area (Å²) in [5.74, 6) is -1.59. The van der Waals surface area contributed by atoms with E-state index in [1.807, 2.05) is 29.0 Å². The van der Waals surface area contributed by atoms with E-state index in [2.05, 4.69) is 20.8 Å². The van der Waals surface area contributed by atoms with Crippen LogP contribution in [-0.2, 0) is 9.59 Å². The Labute approximate surface area is 334 Å². The third-order valence-corrected chi connectivity index (χ3v) is 10.1. The van der Waals surface area contributed by atoms with Crippen LogP contribution in [0.15, 0.2) is 56.2 Å². The predicted octanol–water partition coefficient (Wildman–Crippen LogP) is 5.72. The lowest BCUT2D eigenvalue weighted by molar-refractivity contribution is -0.114. The smallest absolute Gasteiger partial charge is 0.414 e. The first kappa shape index (κ1) is 44.7. The molecule has 4 heterocycles. The molecule has 0 atom stereocenters. The van der Waals surface area contributed by atoms with Crippen LogP contribution < -0.4 is 15.6 Å². The molecule has 19 heteroatoms. The Hall–Kier alpha value is -3.71. The molecule has 0 unspecified atom stereocenters. The van der Waals surface area contributed by atoms with E-state index < -0.39 is 23.6 Å². The van der Waals surface area contributed by atoms with E-state index in [1.165, 1.54) is 77.0 Å². The molecule has 54 heavy (non-hydrogen) atoms. The number of benzene rings is 2. The zero-order chi connectivity index (χ0) is 37.2. The summed E-state index contributed by atoms with van der Waals surface area (Å²) in [6.07, 6.45) is 7.49. The van der Waals surface area contributed by atoms with Gasteiger partial charge in [0.2, 0.25) is 0 Å². The second-order valence-electron chi connectivity index (χ2n) is 12.5. The zero-order valence-corrected chi connectivity index (χ0v) is 33.3. The third kappa shape index (κ3) is 12.7. The van der Waals surface area contributed by atoms with Crippen LogP contribution in [0.25, 0.3) is 12.2 Å². The van der Waals surface area contributed by atoms with Gasteiger partial charge in [0, 0.05) is 50.9 Å². The molecule has 13 nitrogen and oxygen atoms in total. The van der Waals surface area contributed by atoms with Crippen LogP contribution in [-0.4, -0.2) is 114 Å². The fraction of sp³-hybridized carbons (Fsp3) is 0.400. The number of amides is 3. The van der Waals surface area contributed by atoms with Gasteiger partial charge >= 0.3 is 6.09 Å². The van der Waals surface area contributed by atoms with Crippen molar-refractivity contribution in [2.45, 2.75) is 32.1 Å². The third-order valence-electron chi connectivity index (χ3n) is 8.04. The van der Waals surface area contributed by atoms with Crippen molar-refractivity contribution in [1.82, 2.24) is 30.7 Å². The minimum Gasteiger partial charge on any atom is -0.507 e. The maximum atomic E-state index is 13.9. The number of aliphatic imine (C=N–C) groups is 2. The summed E-state index contributed by atoms with van der Waals surface area (Å²) in [4.78, 5) is 49.1. The average molecular weight is 830 g/mol. The van der Waals surface area contributed by atoms with Crippen molar-refractivity contribution in [2.24, 2.45) is 9.98 Å². The molecule has 3 amide bonds.